The molecule has 1 aromatic heterocycles. The summed E-state index contributed by atoms with van der Waals surface area (Å²) >= 11 is 1.63. The van der Waals surface area contributed by atoms with Gasteiger partial charge in [-0.25, -0.2) is 9.98 Å². The van der Waals surface area contributed by atoms with Crippen molar-refractivity contribution >= 4 is 41.3 Å². The summed E-state index contributed by atoms with van der Waals surface area (Å²) < 4.78 is 35.0. The minimum atomic E-state index is -2.90. The van der Waals surface area contributed by atoms with E-state index in [0.29, 0.717) is 30.4 Å². The second kappa shape index (κ2) is 12.0. The molecule has 28 heavy (non-hydrogen) atoms. The molecule has 1 heterocycles. The molecule has 0 fully saturated rings. The first kappa shape index (κ1) is 24.3. The van der Waals surface area contributed by atoms with Crippen LogP contribution in [0.1, 0.15) is 28.1 Å². The number of aliphatic imine (C=N–C) groups is 1. The number of methoxy groups -OCH3 is 1. The summed E-state index contributed by atoms with van der Waals surface area (Å²) in [5.41, 5.74) is 1.52. The number of guanidine groups is 1. The van der Waals surface area contributed by atoms with Gasteiger partial charge in [0.15, 0.2) is 5.96 Å². The summed E-state index contributed by atoms with van der Waals surface area (Å²) in [6.45, 7) is 4.41. The summed E-state index contributed by atoms with van der Waals surface area (Å²) in [7, 11) is 1.51. The molecule has 10 heteroatoms. The molecular formula is C18H25F2IN4O2S. The number of nitrogens with zero attached hydrogens (tertiary/aromatic N) is 2. The SMILES string of the molecule is CCNC(=NCc1cc(OC)ccc1OC(F)F)NCc1nc(C)c(C)s1.I. The molecule has 0 saturated heterocycles. The molecule has 2 aromatic rings. The van der Waals surface area contributed by atoms with Crippen LogP contribution >= 0.6 is 35.3 Å². The van der Waals surface area contributed by atoms with E-state index in [1.165, 1.54) is 18.1 Å². The van der Waals surface area contributed by atoms with Gasteiger partial charge in [-0.15, -0.1) is 35.3 Å². The summed E-state index contributed by atoms with van der Waals surface area (Å²) in [5.74, 6) is 1.19. The quantitative estimate of drug-likeness (QED) is 0.306. The molecule has 2 rings (SSSR count). The van der Waals surface area contributed by atoms with Gasteiger partial charge in [0.1, 0.15) is 16.5 Å². The maximum atomic E-state index is 12.6. The van der Waals surface area contributed by atoms with Gasteiger partial charge < -0.3 is 20.1 Å². The van der Waals surface area contributed by atoms with Crippen molar-refractivity contribution < 1.29 is 18.3 Å². The van der Waals surface area contributed by atoms with Gasteiger partial charge in [0.05, 0.1) is 25.9 Å². The average Bonchev–Trinajstić information content (AvgIpc) is 2.95. The first-order valence-electron chi connectivity index (χ1n) is 8.49. The van der Waals surface area contributed by atoms with Gasteiger partial charge in [-0.3, -0.25) is 0 Å². The summed E-state index contributed by atoms with van der Waals surface area (Å²) in [6, 6.07) is 4.66. The zero-order valence-electron chi connectivity index (χ0n) is 16.2. The fourth-order valence-corrected chi connectivity index (χ4v) is 3.17. The van der Waals surface area contributed by atoms with Crippen LogP contribution in [0, 0.1) is 13.8 Å². The number of hydrogen-bond donors (Lipinski definition) is 2. The highest BCUT2D eigenvalue weighted by Crippen LogP contribution is 2.26. The highest BCUT2D eigenvalue weighted by molar-refractivity contribution is 14.0. The standard InChI is InChI=1S/C18H24F2N4O2S.HI/c1-5-21-18(23-10-16-24-11(2)12(3)27-16)22-9-13-8-14(25-4)6-7-15(13)26-17(19)20;/h6-8,17H,5,9-10H2,1-4H3,(H2,21,22,23);1H. The Hall–Kier alpha value is -1.69. The number of aromatic nitrogens is 1. The molecule has 0 radical (unpaired) electrons. The second-order valence-corrected chi connectivity index (χ2v) is 6.94. The molecule has 0 spiro atoms. The van der Waals surface area contributed by atoms with Gasteiger partial charge in [-0.1, -0.05) is 0 Å². The van der Waals surface area contributed by atoms with Crippen molar-refractivity contribution in [2.45, 2.75) is 40.5 Å². The van der Waals surface area contributed by atoms with Crippen LogP contribution in [0.5, 0.6) is 11.5 Å². The van der Waals surface area contributed by atoms with E-state index >= 15 is 0 Å². The Morgan fingerprint density at radius 2 is 2.04 bits per heavy atom. The van der Waals surface area contributed by atoms with E-state index in [-0.39, 0.29) is 36.3 Å². The molecule has 0 unspecified atom stereocenters. The predicted molar refractivity (Wildman–Crippen MR) is 118 cm³/mol. The molecule has 0 saturated carbocycles. The first-order chi connectivity index (χ1) is 12.9. The molecule has 0 aliphatic heterocycles. The van der Waals surface area contributed by atoms with E-state index in [1.807, 2.05) is 20.8 Å². The maximum absolute atomic E-state index is 12.6. The highest BCUT2D eigenvalue weighted by Gasteiger charge is 2.11. The van der Waals surface area contributed by atoms with Crippen molar-refractivity contribution in [1.82, 2.24) is 15.6 Å². The second-order valence-electron chi connectivity index (χ2n) is 5.65. The van der Waals surface area contributed by atoms with Crippen LogP contribution in [0.4, 0.5) is 8.78 Å². The van der Waals surface area contributed by atoms with Crippen molar-refractivity contribution in [3.05, 3.63) is 39.3 Å². The maximum Gasteiger partial charge on any atom is 0.387 e. The van der Waals surface area contributed by atoms with Crippen molar-refractivity contribution in [3.63, 3.8) is 0 Å². The number of alkyl halides is 2. The monoisotopic (exact) mass is 526 g/mol. The molecule has 1 aromatic carbocycles. The van der Waals surface area contributed by atoms with Crippen LogP contribution in [0.3, 0.4) is 0 Å². The zero-order valence-corrected chi connectivity index (χ0v) is 19.4. The van der Waals surface area contributed by atoms with Crippen molar-refractivity contribution in [3.8, 4) is 11.5 Å². The van der Waals surface area contributed by atoms with Crippen LogP contribution in [-0.2, 0) is 13.1 Å². The van der Waals surface area contributed by atoms with E-state index in [2.05, 4.69) is 25.3 Å². The third kappa shape index (κ3) is 7.38. The smallest absolute Gasteiger partial charge is 0.387 e. The molecule has 0 bridgehead atoms. The van der Waals surface area contributed by atoms with E-state index in [1.54, 1.807) is 23.5 Å². The lowest BCUT2D eigenvalue weighted by molar-refractivity contribution is -0.0504. The van der Waals surface area contributed by atoms with Crippen molar-refractivity contribution in [2.75, 3.05) is 13.7 Å². The topological polar surface area (TPSA) is 67.8 Å². The zero-order chi connectivity index (χ0) is 19.8. The summed E-state index contributed by atoms with van der Waals surface area (Å²) in [5, 5.41) is 7.29. The summed E-state index contributed by atoms with van der Waals surface area (Å²) in [4.78, 5) is 10.1. The van der Waals surface area contributed by atoms with Gasteiger partial charge in [-0.05, 0) is 39.0 Å². The Labute approximate surface area is 184 Å². The number of benzene rings is 1. The predicted octanol–water partition coefficient (Wildman–Crippen LogP) is 4.24. The lowest BCUT2D eigenvalue weighted by Crippen LogP contribution is -2.36. The van der Waals surface area contributed by atoms with Crippen molar-refractivity contribution in [1.29, 1.82) is 0 Å². The molecule has 0 amide bonds. The molecule has 0 atom stereocenters. The third-order valence-electron chi connectivity index (χ3n) is 3.72. The molecule has 0 aliphatic carbocycles. The van der Waals surface area contributed by atoms with Gasteiger partial charge in [0.25, 0.3) is 0 Å². The number of halogens is 3. The van der Waals surface area contributed by atoms with Gasteiger partial charge in [0, 0.05) is 17.0 Å². The number of rotatable bonds is 8. The Morgan fingerprint density at radius 1 is 1.29 bits per heavy atom. The van der Waals surface area contributed by atoms with Crippen LogP contribution in [0.15, 0.2) is 23.2 Å². The summed E-state index contributed by atoms with van der Waals surface area (Å²) in [6.07, 6.45) is 0. The molecular weight excluding hydrogens is 501 g/mol. The Morgan fingerprint density at radius 3 is 2.61 bits per heavy atom. The highest BCUT2D eigenvalue weighted by atomic mass is 127. The van der Waals surface area contributed by atoms with Crippen LogP contribution < -0.4 is 20.1 Å². The fourth-order valence-electron chi connectivity index (χ4n) is 2.30. The molecule has 2 N–H and O–H groups in total. The van der Waals surface area contributed by atoms with E-state index in [9.17, 15) is 8.78 Å². The minimum Gasteiger partial charge on any atom is -0.497 e. The number of hydrogen-bond acceptors (Lipinski definition) is 5. The number of thiazole rings is 1. The minimum absolute atomic E-state index is 0. The van der Waals surface area contributed by atoms with Crippen LogP contribution in [0.2, 0.25) is 0 Å². The lowest BCUT2D eigenvalue weighted by atomic mass is 10.2. The van der Waals surface area contributed by atoms with Gasteiger partial charge in [0.2, 0.25) is 0 Å². The Balaban J connectivity index is 0.00000392. The largest absolute Gasteiger partial charge is 0.497 e. The fraction of sp³-hybridized carbons (Fsp3) is 0.444. The number of ether oxygens (including phenoxy) is 2. The van der Waals surface area contributed by atoms with Crippen LogP contribution in [0.25, 0.3) is 0 Å². The van der Waals surface area contributed by atoms with E-state index in [0.717, 1.165) is 10.7 Å². The van der Waals surface area contributed by atoms with Gasteiger partial charge >= 0.3 is 6.61 Å². The lowest BCUT2D eigenvalue weighted by Gasteiger charge is -2.13. The third-order valence-corrected chi connectivity index (χ3v) is 4.79. The number of aryl methyl sites for hydroxylation is 2. The number of nitrogens with one attached hydrogen (secondary N) is 2. The van der Waals surface area contributed by atoms with Gasteiger partial charge in [-0.2, -0.15) is 8.78 Å². The first-order valence-corrected chi connectivity index (χ1v) is 9.31. The molecule has 0 aliphatic rings. The normalized spacial score (nSPS) is 11.2. The van der Waals surface area contributed by atoms with E-state index < -0.39 is 6.61 Å². The molecule has 6 nitrogen and oxygen atoms in total. The Bertz CT molecular complexity index is 767. The molecule has 156 valence electrons. The Kier molecular flexibility index (Phi) is 10.4. The van der Waals surface area contributed by atoms with Crippen molar-refractivity contribution in [2.24, 2.45) is 4.99 Å². The average molecular weight is 526 g/mol. The van der Waals surface area contributed by atoms with E-state index in [4.69, 9.17) is 4.74 Å². The van der Waals surface area contributed by atoms with Crippen LogP contribution in [-0.4, -0.2) is 31.2 Å².